The van der Waals surface area contributed by atoms with Crippen LogP contribution < -0.4 is 0 Å². The zero-order valence-corrected chi connectivity index (χ0v) is 11.3. The number of nitrogens with zero attached hydrogens (tertiary/aromatic N) is 1. The molecule has 0 saturated carbocycles. The van der Waals surface area contributed by atoms with Gasteiger partial charge in [-0.05, 0) is 24.7 Å². The number of nitriles is 1. The number of allylic oxidation sites excluding steroid dienone is 2. The number of ether oxygens (including phenoxy) is 1. The van der Waals surface area contributed by atoms with E-state index in [0.717, 1.165) is 19.4 Å². The number of aliphatic hydroxyl groups is 1. The van der Waals surface area contributed by atoms with Crippen molar-refractivity contribution in [3.05, 3.63) is 11.3 Å². The Morgan fingerprint density at radius 3 is 2.59 bits per heavy atom. The third-order valence-corrected chi connectivity index (χ3v) is 3.33. The zero-order chi connectivity index (χ0) is 13.1. The third-order valence-electron chi connectivity index (χ3n) is 3.33. The van der Waals surface area contributed by atoms with Crippen molar-refractivity contribution >= 4 is 0 Å². The van der Waals surface area contributed by atoms with Gasteiger partial charge in [-0.2, -0.15) is 5.26 Å². The molecule has 17 heavy (non-hydrogen) atoms. The minimum Gasteiger partial charge on any atom is -0.511 e. The van der Waals surface area contributed by atoms with Gasteiger partial charge >= 0.3 is 0 Å². The Bertz CT molecular complexity index is 352. The molecule has 0 radical (unpaired) electrons. The van der Waals surface area contributed by atoms with E-state index in [0.29, 0.717) is 18.6 Å². The van der Waals surface area contributed by atoms with E-state index in [1.807, 2.05) is 13.8 Å². The molecule has 1 rings (SSSR count). The first-order chi connectivity index (χ1) is 7.84. The van der Waals surface area contributed by atoms with Crippen molar-refractivity contribution in [3.8, 4) is 6.07 Å². The van der Waals surface area contributed by atoms with E-state index in [4.69, 9.17) is 10.00 Å². The third kappa shape index (κ3) is 3.23. The van der Waals surface area contributed by atoms with E-state index in [1.54, 1.807) is 0 Å². The SMILES string of the molecule is CCCOC[C@@]1(C)CC(C#N)=C(O)C(C)(C)C1. The molecular weight excluding hydrogens is 214 g/mol. The van der Waals surface area contributed by atoms with Gasteiger partial charge < -0.3 is 9.84 Å². The van der Waals surface area contributed by atoms with E-state index >= 15 is 0 Å². The Morgan fingerprint density at radius 1 is 1.41 bits per heavy atom. The summed E-state index contributed by atoms with van der Waals surface area (Å²) in [5.74, 6) is 0.257. The minimum absolute atomic E-state index is 0.0457. The van der Waals surface area contributed by atoms with Crippen LogP contribution in [0.5, 0.6) is 0 Å². The standard InChI is InChI=1S/C14H23NO2/c1-5-6-17-10-14(4)7-11(8-15)12(16)13(2,3)9-14/h16H,5-7,9-10H2,1-4H3/t14-/m0/s1. The molecule has 1 aliphatic rings. The predicted octanol–water partition coefficient (Wildman–Crippen LogP) is 3.57. The minimum atomic E-state index is -0.326. The van der Waals surface area contributed by atoms with E-state index in [1.165, 1.54) is 0 Å². The van der Waals surface area contributed by atoms with Gasteiger partial charge in [0.15, 0.2) is 0 Å². The van der Waals surface area contributed by atoms with Crippen molar-refractivity contribution in [2.45, 2.75) is 47.0 Å². The summed E-state index contributed by atoms with van der Waals surface area (Å²) in [5, 5.41) is 19.1. The van der Waals surface area contributed by atoms with Gasteiger partial charge in [-0.15, -0.1) is 0 Å². The maximum Gasteiger partial charge on any atom is 0.111 e. The van der Waals surface area contributed by atoms with Crippen LogP contribution in [-0.2, 0) is 4.74 Å². The van der Waals surface area contributed by atoms with Gasteiger partial charge in [0.1, 0.15) is 5.76 Å². The Kier molecular flexibility index (Phi) is 4.21. The number of aliphatic hydroxyl groups excluding tert-OH is 1. The number of rotatable bonds is 4. The molecule has 0 aromatic heterocycles. The molecule has 3 heteroatoms. The molecule has 0 aliphatic heterocycles. The molecule has 1 N–H and O–H groups in total. The maximum atomic E-state index is 10.0. The molecule has 0 fully saturated rings. The van der Waals surface area contributed by atoms with Crippen molar-refractivity contribution in [1.82, 2.24) is 0 Å². The Labute approximate surface area is 104 Å². The highest BCUT2D eigenvalue weighted by molar-refractivity contribution is 5.31. The molecule has 0 saturated heterocycles. The fourth-order valence-corrected chi connectivity index (χ4v) is 2.79. The molecule has 0 aromatic carbocycles. The molecule has 1 atom stereocenters. The van der Waals surface area contributed by atoms with Crippen molar-refractivity contribution in [1.29, 1.82) is 5.26 Å². The number of hydrogen-bond acceptors (Lipinski definition) is 3. The summed E-state index contributed by atoms with van der Waals surface area (Å²) in [5.41, 5.74) is 0.146. The van der Waals surface area contributed by atoms with Gasteiger partial charge in [0, 0.05) is 12.0 Å². The lowest BCUT2D eigenvalue weighted by atomic mass is 9.65. The fraction of sp³-hybridized carbons (Fsp3) is 0.786. The van der Waals surface area contributed by atoms with Crippen LogP contribution in [0.25, 0.3) is 0 Å². The van der Waals surface area contributed by atoms with Gasteiger partial charge in [-0.1, -0.05) is 27.7 Å². The van der Waals surface area contributed by atoms with Crippen molar-refractivity contribution in [2.75, 3.05) is 13.2 Å². The second-order valence-corrected chi connectivity index (χ2v) is 6.04. The van der Waals surface area contributed by atoms with E-state index < -0.39 is 0 Å². The lowest BCUT2D eigenvalue weighted by molar-refractivity contribution is 0.0159. The van der Waals surface area contributed by atoms with Crippen LogP contribution in [0.3, 0.4) is 0 Å². The monoisotopic (exact) mass is 237 g/mol. The average Bonchev–Trinajstić information content (AvgIpc) is 2.23. The van der Waals surface area contributed by atoms with Crippen LogP contribution in [0, 0.1) is 22.2 Å². The summed E-state index contributed by atoms with van der Waals surface area (Å²) in [7, 11) is 0. The lowest BCUT2D eigenvalue weighted by Crippen LogP contribution is -2.36. The number of hydrogen-bond donors (Lipinski definition) is 1. The smallest absolute Gasteiger partial charge is 0.111 e. The van der Waals surface area contributed by atoms with Crippen LogP contribution in [0.1, 0.15) is 47.0 Å². The summed E-state index contributed by atoms with van der Waals surface area (Å²) in [6, 6.07) is 2.13. The second kappa shape index (κ2) is 5.10. The van der Waals surface area contributed by atoms with Gasteiger partial charge in [-0.3, -0.25) is 0 Å². The van der Waals surface area contributed by atoms with Crippen LogP contribution >= 0.6 is 0 Å². The quantitative estimate of drug-likeness (QED) is 0.760. The Morgan fingerprint density at radius 2 is 2.06 bits per heavy atom. The summed E-state index contributed by atoms with van der Waals surface area (Å²) in [4.78, 5) is 0. The lowest BCUT2D eigenvalue weighted by Gasteiger charge is -2.41. The molecule has 3 nitrogen and oxygen atoms in total. The zero-order valence-electron chi connectivity index (χ0n) is 11.3. The van der Waals surface area contributed by atoms with Crippen molar-refractivity contribution in [3.63, 3.8) is 0 Å². The van der Waals surface area contributed by atoms with Gasteiger partial charge in [0.25, 0.3) is 0 Å². The van der Waals surface area contributed by atoms with Gasteiger partial charge in [0.2, 0.25) is 0 Å². The molecule has 0 amide bonds. The molecular formula is C14H23NO2. The predicted molar refractivity (Wildman–Crippen MR) is 67.5 cm³/mol. The molecule has 96 valence electrons. The first kappa shape index (κ1) is 14.1. The summed E-state index contributed by atoms with van der Waals surface area (Å²) in [6.07, 6.45) is 2.47. The Hall–Kier alpha value is -1.01. The largest absolute Gasteiger partial charge is 0.511 e. The van der Waals surface area contributed by atoms with Crippen LogP contribution in [-0.4, -0.2) is 18.3 Å². The van der Waals surface area contributed by atoms with Crippen LogP contribution in [0.2, 0.25) is 0 Å². The molecule has 0 spiro atoms. The topological polar surface area (TPSA) is 53.2 Å². The fourth-order valence-electron chi connectivity index (χ4n) is 2.79. The van der Waals surface area contributed by atoms with E-state index in [2.05, 4.69) is 19.9 Å². The Balaban J connectivity index is 2.84. The van der Waals surface area contributed by atoms with Crippen molar-refractivity contribution < 1.29 is 9.84 Å². The normalized spacial score (nSPS) is 27.9. The highest BCUT2D eigenvalue weighted by atomic mass is 16.5. The summed E-state index contributed by atoms with van der Waals surface area (Å²) in [6.45, 7) is 9.60. The van der Waals surface area contributed by atoms with Gasteiger partial charge in [0.05, 0.1) is 18.2 Å². The maximum absolute atomic E-state index is 10.0. The first-order valence-corrected chi connectivity index (χ1v) is 6.25. The van der Waals surface area contributed by atoms with E-state index in [-0.39, 0.29) is 16.6 Å². The highest BCUT2D eigenvalue weighted by Crippen LogP contribution is 2.48. The van der Waals surface area contributed by atoms with Crippen LogP contribution in [0.15, 0.2) is 11.3 Å². The molecule has 0 unspecified atom stereocenters. The van der Waals surface area contributed by atoms with Crippen LogP contribution in [0.4, 0.5) is 0 Å². The molecule has 0 heterocycles. The van der Waals surface area contributed by atoms with Crippen molar-refractivity contribution in [2.24, 2.45) is 10.8 Å². The summed E-state index contributed by atoms with van der Waals surface area (Å²) < 4.78 is 5.63. The average molecular weight is 237 g/mol. The molecule has 0 bridgehead atoms. The summed E-state index contributed by atoms with van der Waals surface area (Å²) >= 11 is 0. The van der Waals surface area contributed by atoms with Gasteiger partial charge in [-0.25, -0.2) is 0 Å². The second-order valence-electron chi connectivity index (χ2n) is 6.04. The first-order valence-electron chi connectivity index (χ1n) is 6.25. The van der Waals surface area contributed by atoms with E-state index in [9.17, 15) is 5.11 Å². The molecule has 1 aliphatic carbocycles. The highest BCUT2D eigenvalue weighted by Gasteiger charge is 2.42. The molecule has 0 aromatic rings.